The SMILES string of the molecule is CNC(=O)c1cccc(CNc2nc(Nc3ccc4[nH]cc(C5=CCNCC5)c4c3)ncc2Br)c1. The predicted molar refractivity (Wildman–Crippen MR) is 144 cm³/mol. The second kappa shape index (κ2) is 10.3. The molecule has 0 saturated heterocycles. The molecule has 1 aliphatic heterocycles. The molecule has 1 aliphatic rings. The summed E-state index contributed by atoms with van der Waals surface area (Å²) in [6, 6.07) is 13.7. The highest BCUT2D eigenvalue weighted by atomic mass is 79.9. The van der Waals surface area contributed by atoms with Gasteiger partial charge in [-0.3, -0.25) is 4.79 Å². The van der Waals surface area contributed by atoms with E-state index in [1.54, 1.807) is 19.3 Å². The number of nitrogens with zero attached hydrogens (tertiary/aromatic N) is 2. The summed E-state index contributed by atoms with van der Waals surface area (Å²) in [5.74, 6) is 1.05. The zero-order chi connectivity index (χ0) is 24.2. The maximum absolute atomic E-state index is 11.9. The molecule has 0 unspecified atom stereocenters. The van der Waals surface area contributed by atoms with Crippen molar-refractivity contribution >= 4 is 55.8 Å². The minimum atomic E-state index is -0.111. The zero-order valence-electron chi connectivity index (χ0n) is 19.3. The van der Waals surface area contributed by atoms with Gasteiger partial charge in [0.1, 0.15) is 5.82 Å². The van der Waals surface area contributed by atoms with Gasteiger partial charge >= 0.3 is 0 Å². The zero-order valence-corrected chi connectivity index (χ0v) is 20.9. The summed E-state index contributed by atoms with van der Waals surface area (Å²) in [5, 5.41) is 13.9. The number of aromatic nitrogens is 3. The molecule has 3 heterocycles. The molecule has 4 aromatic rings. The number of halogens is 1. The monoisotopic (exact) mass is 531 g/mol. The number of hydrogen-bond acceptors (Lipinski definition) is 6. The van der Waals surface area contributed by atoms with Gasteiger partial charge in [0, 0.05) is 60.2 Å². The number of nitrogens with one attached hydrogen (secondary N) is 5. The Balaban J connectivity index is 1.33. The van der Waals surface area contributed by atoms with Crippen LogP contribution in [-0.4, -0.2) is 41.0 Å². The Morgan fingerprint density at radius 3 is 2.94 bits per heavy atom. The third-order valence-electron chi connectivity index (χ3n) is 5.97. The molecule has 1 amide bonds. The normalized spacial score (nSPS) is 13.4. The van der Waals surface area contributed by atoms with Gasteiger partial charge in [-0.15, -0.1) is 0 Å². The predicted octanol–water partition coefficient (Wildman–Crippen LogP) is 4.81. The van der Waals surface area contributed by atoms with E-state index in [-0.39, 0.29) is 5.91 Å². The first-order valence-electron chi connectivity index (χ1n) is 11.5. The molecular formula is C26H26BrN7O. The lowest BCUT2D eigenvalue weighted by Crippen LogP contribution is -2.19. The summed E-state index contributed by atoms with van der Waals surface area (Å²) in [6.07, 6.45) is 7.08. The fraction of sp³-hybridized carbons (Fsp3) is 0.192. The van der Waals surface area contributed by atoms with Gasteiger partial charge in [0.2, 0.25) is 5.95 Å². The molecule has 5 rings (SSSR count). The second-order valence-electron chi connectivity index (χ2n) is 8.29. The van der Waals surface area contributed by atoms with Gasteiger partial charge < -0.3 is 26.3 Å². The molecule has 0 spiro atoms. The number of anilines is 3. The summed E-state index contributed by atoms with van der Waals surface area (Å²) in [6.45, 7) is 2.41. The molecule has 9 heteroatoms. The highest BCUT2D eigenvalue weighted by Gasteiger charge is 2.12. The first kappa shape index (κ1) is 23.1. The van der Waals surface area contributed by atoms with Crippen LogP contribution < -0.4 is 21.3 Å². The van der Waals surface area contributed by atoms with Crippen molar-refractivity contribution in [2.75, 3.05) is 30.8 Å². The number of carbonyl (C=O) groups is 1. The summed E-state index contributed by atoms with van der Waals surface area (Å²) in [5.41, 5.74) is 6.21. The average molecular weight is 532 g/mol. The molecule has 2 aromatic carbocycles. The van der Waals surface area contributed by atoms with Crippen molar-refractivity contribution in [2.24, 2.45) is 0 Å². The number of amides is 1. The Kier molecular flexibility index (Phi) is 6.78. The molecule has 8 nitrogen and oxygen atoms in total. The van der Waals surface area contributed by atoms with Gasteiger partial charge in [-0.1, -0.05) is 18.2 Å². The van der Waals surface area contributed by atoms with Crippen molar-refractivity contribution in [3.05, 3.63) is 82.1 Å². The fourth-order valence-electron chi connectivity index (χ4n) is 4.16. The number of rotatable bonds is 7. The Morgan fingerprint density at radius 2 is 2.11 bits per heavy atom. The lowest BCUT2D eigenvalue weighted by molar-refractivity contribution is 0.0963. The number of H-pyrrole nitrogens is 1. The van der Waals surface area contributed by atoms with Gasteiger partial charge in [0.25, 0.3) is 5.91 Å². The third-order valence-corrected chi connectivity index (χ3v) is 6.55. The summed E-state index contributed by atoms with van der Waals surface area (Å²) in [4.78, 5) is 24.4. The Labute approximate surface area is 211 Å². The van der Waals surface area contributed by atoms with Gasteiger partial charge in [0.15, 0.2) is 0 Å². The van der Waals surface area contributed by atoms with E-state index in [0.29, 0.717) is 23.9 Å². The molecule has 0 aliphatic carbocycles. The molecule has 0 fully saturated rings. The van der Waals surface area contributed by atoms with E-state index >= 15 is 0 Å². The van der Waals surface area contributed by atoms with Crippen molar-refractivity contribution in [3.63, 3.8) is 0 Å². The number of carbonyl (C=O) groups excluding carboxylic acids is 1. The Morgan fingerprint density at radius 1 is 1.20 bits per heavy atom. The highest BCUT2D eigenvalue weighted by Crippen LogP contribution is 2.31. The topological polar surface area (TPSA) is 107 Å². The minimum absolute atomic E-state index is 0.111. The van der Waals surface area contributed by atoms with Crippen molar-refractivity contribution < 1.29 is 4.79 Å². The molecule has 0 bridgehead atoms. The summed E-state index contributed by atoms with van der Waals surface area (Å²) < 4.78 is 0.756. The van der Waals surface area contributed by atoms with Crippen molar-refractivity contribution in [1.82, 2.24) is 25.6 Å². The maximum Gasteiger partial charge on any atom is 0.251 e. The molecule has 0 atom stereocenters. The van der Waals surface area contributed by atoms with Crippen molar-refractivity contribution in [3.8, 4) is 0 Å². The number of benzene rings is 2. The highest BCUT2D eigenvalue weighted by molar-refractivity contribution is 9.10. The van der Waals surface area contributed by atoms with Gasteiger partial charge in [-0.25, -0.2) is 4.98 Å². The fourth-order valence-corrected chi connectivity index (χ4v) is 4.50. The van der Waals surface area contributed by atoms with E-state index in [1.807, 2.05) is 24.3 Å². The van der Waals surface area contributed by atoms with E-state index in [4.69, 9.17) is 0 Å². The van der Waals surface area contributed by atoms with Crippen LogP contribution in [0.3, 0.4) is 0 Å². The van der Waals surface area contributed by atoms with Crippen LogP contribution in [0.2, 0.25) is 0 Å². The molecule has 0 radical (unpaired) electrons. The van der Waals surface area contributed by atoms with E-state index in [9.17, 15) is 4.79 Å². The standard InChI is InChI=1S/C26H26BrN7O/c1-28-25(35)18-4-2-3-16(11-18)13-31-24-22(27)15-32-26(34-24)33-19-5-6-23-20(12-19)21(14-30-23)17-7-9-29-10-8-17/h2-7,11-12,14-15,29-30H,8-10,13H2,1H3,(H,28,35)(H2,31,32,33,34). The van der Waals surface area contributed by atoms with Crippen LogP contribution in [-0.2, 0) is 6.54 Å². The number of hydrogen-bond donors (Lipinski definition) is 5. The lowest BCUT2D eigenvalue weighted by atomic mass is 9.99. The van der Waals surface area contributed by atoms with Gasteiger partial charge in [-0.2, -0.15) is 4.98 Å². The van der Waals surface area contributed by atoms with Crippen LogP contribution in [0.25, 0.3) is 16.5 Å². The molecule has 5 N–H and O–H groups in total. The molecule has 35 heavy (non-hydrogen) atoms. The van der Waals surface area contributed by atoms with E-state index in [2.05, 4.69) is 76.6 Å². The molecular weight excluding hydrogens is 506 g/mol. The van der Waals surface area contributed by atoms with Crippen LogP contribution in [0.4, 0.5) is 17.5 Å². The van der Waals surface area contributed by atoms with Gasteiger partial charge in [-0.05, 0) is 70.4 Å². The third kappa shape index (κ3) is 5.21. The Bertz CT molecular complexity index is 1410. The van der Waals surface area contributed by atoms with Gasteiger partial charge in [0.05, 0.1) is 4.47 Å². The second-order valence-corrected chi connectivity index (χ2v) is 9.15. The van der Waals surface area contributed by atoms with E-state index < -0.39 is 0 Å². The van der Waals surface area contributed by atoms with Crippen LogP contribution in [0.1, 0.15) is 27.9 Å². The summed E-state index contributed by atoms with van der Waals surface area (Å²) in [7, 11) is 1.62. The quantitative estimate of drug-likeness (QED) is 0.234. The number of fused-ring (bicyclic) bond motifs is 1. The molecule has 178 valence electrons. The first-order chi connectivity index (χ1) is 17.1. The van der Waals surface area contributed by atoms with Crippen LogP contribution in [0.5, 0.6) is 0 Å². The maximum atomic E-state index is 11.9. The van der Waals surface area contributed by atoms with E-state index in [1.165, 1.54) is 16.5 Å². The molecule has 2 aromatic heterocycles. The van der Waals surface area contributed by atoms with Crippen molar-refractivity contribution in [2.45, 2.75) is 13.0 Å². The largest absolute Gasteiger partial charge is 0.365 e. The minimum Gasteiger partial charge on any atom is -0.365 e. The first-order valence-corrected chi connectivity index (χ1v) is 12.3. The lowest BCUT2D eigenvalue weighted by Gasteiger charge is -2.14. The average Bonchev–Trinajstić information content (AvgIpc) is 3.32. The molecule has 0 saturated carbocycles. The van der Waals surface area contributed by atoms with Crippen LogP contribution in [0.15, 0.2) is 65.4 Å². The summed E-state index contributed by atoms with van der Waals surface area (Å²) >= 11 is 3.52. The van der Waals surface area contributed by atoms with E-state index in [0.717, 1.165) is 40.8 Å². The van der Waals surface area contributed by atoms with Crippen molar-refractivity contribution in [1.29, 1.82) is 0 Å². The number of aromatic amines is 1. The Hall–Kier alpha value is -3.69. The smallest absolute Gasteiger partial charge is 0.251 e. The van der Waals surface area contributed by atoms with Crippen LogP contribution >= 0.6 is 15.9 Å². The van der Waals surface area contributed by atoms with Crippen LogP contribution in [0, 0.1) is 0 Å².